The van der Waals surface area contributed by atoms with E-state index in [1.54, 1.807) is 42.5 Å². The second kappa shape index (κ2) is 7.29. The maximum Gasteiger partial charge on any atom is 0.337 e. The Morgan fingerprint density at radius 3 is 2.52 bits per heavy atom. The van der Waals surface area contributed by atoms with Crippen LogP contribution in [0, 0.1) is 0 Å². The molecule has 148 valence electrons. The molecule has 0 fully saturated rings. The number of ether oxygens (including phenoxy) is 1. The van der Waals surface area contributed by atoms with Gasteiger partial charge >= 0.3 is 5.97 Å². The van der Waals surface area contributed by atoms with Crippen LogP contribution in [0.15, 0.2) is 53.4 Å². The molecule has 1 aliphatic rings. The summed E-state index contributed by atoms with van der Waals surface area (Å²) in [5.41, 5.74) is 2.03. The summed E-state index contributed by atoms with van der Waals surface area (Å²) in [6.45, 7) is 0. The Morgan fingerprint density at radius 2 is 1.83 bits per heavy atom. The van der Waals surface area contributed by atoms with Crippen molar-refractivity contribution in [3.63, 3.8) is 0 Å². The molecule has 1 amide bonds. The Kier molecular flexibility index (Phi) is 4.94. The van der Waals surface area contributed by atoms with E-state index >= 15 is 0 Å². The van der Waals surface area contributed by atoms with Crippen molar-refractivity contribution in [2.24, 2.45) is 0 Å². The van der Waals surface area contributed by atoms with Crippen LogP contribution in [0.3, 0.4) is 0 Å². The third kappa shape index (κ3) is 3.66. The predicted molar refractivity (Wildman–Crippen MR) is 111 cm³/mol. The van der Waals surface area contributed by atoms with Crippen LogP contribution in [0.1, 0.15) is 25.6 Å². The van der Waals surface area contributed by atoms with Crippen LogP contribution in [0.25, 0.3) is 10.4 Å². The van der Waals surface area contributed by atoms with Gasteiger partial charge in [-0.3, -0.25) is 4.79 Å². The molecule has 1 aromatic heterocycles. The lowest BCUT2D eigenvalue weighted by Crippen LogP contribution is -2.11. The van der Waals surface area contributed by atoms with Gasteiger partial charge in [-0.2, -0.15) is 0 Å². The molecule has 0 saturated heterocycles. The van der Waals surface area contributed by atoms with Gasteiger partial charge in [0.25, 0.3) is 5.91 Å². The molecule has 29 heavy (non-hydrogen) atoms. The number of rotatable bonds is 3. The van der Waals surface area contributed by atoms with Crippen molar-refractivity contribution >= 4 is 50.3 Å². The van der Waals surface area contributed by atoms with Crippen LogP contribution in [0.2, 0.25) is 5.02 Å². The first-order chi connectivity index (χ1) is 13.8. The molecule has 6 nitrogen and oxygen atoms in total. The molecule has 1 aliphatic heterocycles. The molecule has 1 N–H and O–H groups in total. The molecule has 4 rings (SSSR count). The van der Waals surface area contributed by atoms with Crippen LogP contribution < -0.4 is 5.32 Å². The van der Waals surface area contributed by atoms with Gasteiger partial charge in [0.05, 0.1) is 28.2 Å². The molecule has 2 heterocycles. The summed E-state index contributed by atoms with van der Waals surface area (Å²) in [4.78, 5) is 25.5. The number of carbonyl (C=O) groups is 2. The van der Waals surface area contributed by atoms with E-state index in [1.165, 1.54) is 24.5 Å². The van der Waals surface area contributed by atoms with Gasteiger partial charge in [-0.1, -0.05) is 17.7 Å². The number of carbonyl (C=O) groups excluding carboxylic acids is 2. The molecule has 2 aromatic carbocycles. The van der Waals surface area contributed by atoms with Crippen LogP contribution in [-0.4, -0.2) is 27.4 Å². The van der Waals surface area contributed by atoms with E-state index in [0.29, 0.717) is 32.3 Å². The highest BCUT2D eigenvalue weighted by Crippen LogP contribution is 2.43. The molecule has 0 saturated carbocycles. The highest BCUT2D eigenvalue weighted by atomic mass is 35.5. The van der Waals surface area contributed by atoms with Crippen LogP contribution in [0.5, 0.6) is 0 Å². The SMILES string of the molecule is COC(=O)c1ccc(NC(=O)c2cc3c(s2)-c2ccc(Cl)cc2S(=O)(=O)C3)cc1. The maximum atomic E-state index is 12.7. The number of benzene rings is 2. The van der Waals surface area contributed by atoms with Crippen molar-refractivity contribution in [1.29, 1.82) is 0 Å². The smallest absolute Gasteiger partial charge is 0.337 e. The summed E-state index contributed by atoms with van der Waals surface area (Å²) in [7, 11) is -2.22. The third-order valence-corrected chi connectivity index (χ3v) is 7.61. The summed E-state index contributed by atoms with van der Waals surface area (Å²) >= 11 is 7.19. The molecule has 0 radical (unpaired) electrons. The summed E-state index contributed by atoms with van der Waals surface area (Å²) in [5.74, 6) is -0.996. The summed E-state index contributed by atoms with van der Waals surface area (Å²) < 4.78 is 29.8. The van der Waals surface area contributed by atoms with Crippen LogP contribution in [-0.2, 0) is 20.3 Å². The normalized spacial score (nSPS) is 13.9. The van der Waals surface area contributed by atoms with E-state index < -0.39 is 15.8 Å². The van der Waals surface area contributed by atoms with Gasteiger partial charge in [0.15, 0.2) is 9.84 Å². The number of anilines is 1. The van der Waals surface area contributed by atoms with Gasteiger partial charge in [-0.25, -0.2) is 13.2 Å². The first-order valence-corrected chi connectivity index (χ1v) is 11.3. The van der Waals surface area contributed by atoms with E-state index in [1.807, 2.05) is 0 Å². The Labute approximate surface area is 176 Å². The lowest BCUT2D eigenvalue weighted by molar-refractivity contribution is 0.0600. The monoisotopic (exact) mass is 447 g/mol. The fourth-order valence-electron chi connectivity index (χ4n) is 3.10. The number of esters is 1. The zero-order valence-electron chi connectivity index (χ0n) is 15.1. The van der Waals surface area contributed by atoms with Gasteiger partial charge in [-0.15, -0.1) is 11.3 Å². The Hall–Kier alpha value is -2.68. The molecule has 0 bridgehead atoms. The van der Waals surface area contributed by atoms with Crippen molar-refractivity contribution in [2.75, 3.05) is 12.4 Å². The topological polar surface area (TPSA) is 89.5 Å². The van der Waals surface area contributed by atoms with E-state index in [2.05, 4.69) is 10.1 Å². The predicted octanol–water partition coefficient (Wildman–Crippen LogP) is 4.39. The molecule has 0 atom stereocenters. The summed E-state index contributed by atoms with van der Waals surface area (Å²) in [6, 6.07) is 12.6. The highest BCUT2D eigenvalue weighted by Gasteiger charge is 2.31. The van der Waals surface area contributed by atoms with Crippen molar-refractivity contribution in [3.05, 3.63) is 69.6 Å². The second-order valence-corrected chi connectivity index (χ2v) is 9.83. The van der Waals surface area contributed by atoms with E-state index in [0.717, 1.165) is 4.88 Å². The van der Waals surface area contributed by atoms with E-state index in [4.69, 9.17) is 11.6 Å². The van der Waals surface area contributed by atoms with E-state index in [-0.39, 0.29) is 16.6 Å². The first kappa shape index (κ1) is 19.6. The zero-order valence-corrected chi connectivity index (χ0v) is 17.5. The van der Waals surface area contributed by atoms with Crippen molar-refractivity contribution in [1.82, 2.24) is 0 Å². The number of sulfone groups is 1. The van der Waals surface area contributed by atoms with Gasteiger partial charge in [0, 0.05) is 21.2 Å². The lowest BCUT2D eigenvalue weighted by Gasteiger charge is -2.16. The average molecular weight is 448 g/mol. The average Bonchev–Trinajstić information content (AvgIpc) is 3.11. The Bertz CT molecular complexity index is 1250. The molecule has 0 aliphatic carbocycles. The van der Waals surface area contributed by atoms with Crippen LogP contribution >= 0.6 is 22.9 Å². The number of nitrogens with one attached hydrogen (secondary N) is 1. The fourth-order valence-corrected chi connectivity index (χ4v) is 6.21. The highest BCUT2D eigenvalue weighted by molar-refractivity contribution is 7.91. The molecular formula is C20H14ClNO5S2. The molecule has 9 heteroatoms. The quantitative estimate of drug-likeness (QED) is 0.601. The third-order valence-electron chi connectivity index (χ3n) is 4.47. The van der Waals surface area contributed by atoms with Gasteiger partial charge in [-0.05, 0) is 48.0 Å². The minimum Gasteiger partial charge on any atom is -0.465 e. The maximum absolute atomic E-state index is 12.7. The lowest BCUT2D eigenvalue weighted by atomic mass is 10.1. The van der Waals surface area contributed by atoms with Crippen LogP contribution in [0.4, 0.5) is 5.69 Å². The Balaban J connectivity index is 1.63. The number of amides is 1. The summed E-state index contributed by atoms with van der Waals surface area (Å²) in [5, 5.41) is 3.10. The van der Waals surface area contributed by atoms with Gasteiger partial charge in [0.1, 0.15) is 0 Å². The molecule has 0 unspecified atom stereocenters. The molecular weight excluding hydrogens is 434 g/mol. The van der Waals surface area contributed by atoms with Crippen molar-refractivity contribution in [2.45, 2.75) is 10.6 Å². The van der Waals surface area contributed by atoms with E-state index in [9.17, 15) is 18.0 Å². The number of hydrogen-bond donors (Lipinski definition) is 1. The number of fused-ring (bicyclic) bond motifs is 3. The van der Waals surface area contributed by atoms with Gasteiger partial charge < -0.3 is 10.1 Å². The van der Waals surface area contributed by atoms with Crippen molar-refractivity contribution < 1.29 is 22.7 Å². The number of hydrogen-bond acceptors (Lipinski definition) is 6. The minimum absolute atomic E-state index is 0.173. The number of halogens is 1. The standard InChI is InChI=1S/C20H14ClNO5S2/c1-27-20(24)11-2-5-14(6-3-11)22-19(23)16-8-12-10-29(25,26)17-9-13(21)4-7-15(17)18(12)28-16/h2-9H,10H2,1H3,(H,22,23). The first-order valence-electron chi connectivity index (χ1n) is 8.43. The number of methoxy groups -OCH3 is 1. The fraction of sp³-hybridized carbons (Fsp3) is 0.100. The second-order valence-electron chi connectivity index (χ2n) is 6.39. The minimum atomic E-state index is -3.52. The molecule has 0 spiro atoms. The largest absolute Gasteiger partial charge is 0.465 e. The summed E-state index contributed by atoms with van der Waals surface area (Å²) in [6.07, 6.45) is 0. The van der Waals surface area contributed by atoms with Gasteiger partial charge in [0.2, 0.25) is 0 Å². The van der Waals surface area contributed by atoms with Crippen molar-refractivity contribution in [3.8, 4) is 10.4 Å². The molecule has 3 aromatic rings. The Morgan fingerprint density at radius 1 is 1.10 bits per heavy atom. The number of thiophene rings is 1. The zero-order chi connectivity index (χ0) is 20.8.